The molecule has 0 aliphatic rings. The second kappa shape index (κ2) is 6.25. The third-order valence-electron chi connectivity index (χ3n) is 1.91. The molecular weight excluding hydrogens is 278 g/mol. The minimum Gasteiger partial charge on any atom is -0.480 e. The normalized spacial score (nSPS) is 10.9. The van der Waals surface area contributed by atoms with Gasteiger partial charge in [0.15, 0.2) is 0 Å². The quantitative estimate of drug-likeness (QED) is 0.876. The van der Waals surface area contributed by atoms with Crippen molar-refractivity contribution in [2.45, 2.75) is 19.9 Å². The average molecular weight is 292 g/mol. The number of carboxylic acids is 1. The highest BCUT2D eigenvalue weighted by atomic mass is 79.9. The summed E-state index contributed by atoms with van der Waals surface area (Å²) in [6.07, 6.45) is 0.972. The largest absolute Gasteiger partial charge is 0.480 e. The molecule has 0 aliphatic carbocycles. The van der Waals surface area contributed by atoms with Crippen molar-refractivity contribution in [3.8, 4) is 0 Å². The van der Waals surface area contributed by atoms with Crippen molar-refractivity contribution in [3.63, 3.8) is 0 Å². The number of hydrogen-bond acceptors (Lipinski definition) is 3. The summed E-state index contributed by atoms with van der Waals surface area (Å²) in [5.74, 6) is -0.765. The van der Waals surface area contributed by atoms with Gasteiger partial charge >= 0.3 is 5.97 Å². The van der Waals surface area contributed by atoms with Gasteiger partial charge in [-0.2, -0.15) is 0 Å². The molecule has 0 saturated carbocycles. The number of hydrogen-bond donors (Lipinski definition) is 1. The molecule has 0 amide bonds. The molecule has 0 bridgehead atoms. The van der Waals surface area contributed by atoms with Gasteiger partial charge in [0.05, 0.1) is 10.3 Å². The molecule has 0 aromatic carbocycles. The lowest BCUT2D eigenvalue weighted by Gasteiger charge is -2.18. The maximum absolute atomic E-state index is 10.6. The van der Waals surface area contributed by atoms with Crippen molar-refractivity contribution in [2.24, 2.45) is 0 Å². The average Bonchev–Trinajstić information content (AvgIpc) is 2.50. The van der Waals surface area contributed by atoms with Crippen LogP contribution in [0.3, 0.4) is 0 Å². The van der Waals surface area contributed by atoms with Gasteiger partial charge in [-0.3, -0.25) is 9.69 Å². The Morgan fingerprint density at radius 1 is 1.60 bits per heavy atom. The predicted octanol–water partition coefficient (Wildman–Crippen LogP) is 2.81. The van der Waals surface area contributed by atoms with Crippen molar-refractivity contribution in [1.29, 1.82) is 0 Å². The Kier molecular flexibility index (Phi) is 5.28. The standard InChI is InChI=1S/C10H14BrNO2S/c1-2-5-12(7-10(13)14)6-8-3-4-9(11)15-8/h3-4H,2,5-7H2,1H3,(H,13,14). The summed E-state index contributed by atoms with van der Waals surface area (Å²) < 4.78 is 1.09. The van der Waals surface area contributed by atoms with Crippen molar-refractivity contribution >= 4 is 33.2 Å². The Balaban J connectivity index is 2.53. The third-order valence-corrected chi connectivity index (χ3v) is 3.52. The van der Waals surface area contributed by atoms with Crippen LogP contribution in [-0.2, 0) is 11.3 Å². The fraction of sp³-hybridized carbons (Fsp3) is 0.500. The molecule has 0 fully saturated rings. The second-order valence-electron chi connectivity index (χ2n) is 3.31. The van der Waals surface area contributed by atoms with E-state index in [2.05, 4.69) is 22.9 Å². The highest BCUT2D eigenvalue weighted by molar-refractivity contribution is 9.11. The Hall–Kier alpha value is -0.390. The lowest BCUT2D eigenvalue weighted by atomic mass is 10.3. The first-order chi connectivity index (χ1) is 7.11. The van der Waals surface area contributed by atoms with Crippen LogP contribution >= 0.6 is 27.3 Å². The van der Waals surface area contributed by atoms with Gasteiger partial charge < -0.3 is 5.11 Å². The van der Waals surface area contributed by atoms with E-state index in [-0.39, 0.29) is 6.54 Å². The van der Waals surface area contributed by atoms with Crippen molar-refractivity contribution < 1.29 is 9.90 Å². The first kappa shape index (κ1) is 12.7. The Morgan fingerprint density at radius 2 is 2.33 bits per heavy atom. The fourth-order valence-corrected chi connectivity index (χ4v) is 2.90. The molecule has 1 N–H and O–H groups in total. The smallest absolute Gasteiger partial charge is 0.317 e. The van der Waals surface area contributed by atoms with E-state index in [1.54, 1.807) is 11.3 Å². The van der Waals surface area contributed by atoms with Crippen LogP contribution < -0.4 is 0 Å². The van der Waals surface area contributed by atoms with Gasteiger partial charge in [-0.25, -0.2) is 0 Å². The minimum absolute atomic E-state index is 0.114. The van der Waals surface area contributed by atoms with E-state index < -0.39 is 5.97 Å². The van der Waals surface area contributed by atoms with Crippen LogP contribution in [0.5, 0.6) is 0 Å². The summed E-state index contributed by atoms with van der Waals surface area (Å²) in [5, 5.41) is 8.75. The molecule has 0 unspecified atom stereocenters. The van der Waals surface area contributed by atoms with Crippen LogP contribution in [0.4, 0.5) is 0 Å². The molecule has 84 valence electrons. The monoisotopic (exact) mass is 291 g/mol. The molecule has 3 nitrogen and oxygen atoms in total. The van der Waals surface area contributed by atoms with E-state index in [1.165, 1.54) is 4.88 Å². The molecule has 1 aromatic rings. The molecule has 0 spiro atoms. The second-order valence-corrected chi connectivity index (χ2v) is 5.86. The van der Waals surface area contributed by atoms with Crippen LogP contribution in [0.1, 0.15) is 18.2 Å². The number of halogens is 1. The molecule has 0 atom stereocenters. The van der Waals surface area contributed by atoms with Crippen molar-refractivity contribution in [2.75, 3.05) is 13.1 Å². The zero-order valence-electron chi connectivity index (χ0n) is 8.57. The van der Waals surface area contributed by atoms with Gasteiger partial charge in [0.2, 0.25) is 0 Å². The summed E-state index contributed by atoms with van der Waals surface area (Å²) >= 11 is 5.05. The number of carbonyl (C=O) groups is 1. The van der Waals surface area contributed by atoms with Crippen molar-refractivity contribution in [3.05, 3.63) is 20.8 Å². The first-order valence-corrected chi connectivity index (χ1v) is 6.41. The Morgan fingerprint density at radius 3 is 2.80 bits per heavy atom. The summed E-state index contributed by atoms with van der Waals surface area (Å²) in [5.41, 5.74) is 0. The van der Waals surface area contributed by atoms with E-state index in [4.69, 9.17) is 5.11 Å². The van der Waals surface area contributed by atoms with Crippen LogP contribution in [0.2, 0.25) is 0 Å². The van der Waals surface area contributed by atoms with Gasteiger partial charge in [-0.1, -0.05) is 6.92 Å². The maximum atomic E-state index is 10.6. The number of thiophene rings is 1. The highest BCUT2D eigenvalue weighted by Crippen LogP contribution is 2.23. The Labute approximate surface area is 102 Å². The maximum Gasteiger partial charge on any atom is 0.317 e. The molecule has 5 heteroatoms. The third kappa shape index (κ3) is 4.77. The van der Waals surface area contributed by atoms with Gasteiger partial charge in [-0.05, 0) is 41.0 Å². The molecule has 1 heterocycles. The summed E-state index contributed by atoms with van der Waals surface area (Å²) in [7, 11) is 0. The zero-order valence-corrected chi connectivity index (χ0v) is 11.0. The summed E-state index contributed by atoms with van der Waals surface area (Å²) in [4.78, 5) is 13.8. The molecule has 15 heavy (non-hydrogen) atoms. The molecule has 1 rings (SSSR count). The van der Waals surface area contributed by atoms with E-state index in [9.17, 15) is 4.79 Å². The van der Waals surface area contributed by atoms with Gasteiger partial charge in [0, 0.05) is 11.4 Å². The summed E-state index contributed by atoms with van der Waals surface area (Å²) in [6.45, 7) is 3.71. The lowest BCUT2D eigenvalue weighted by Crippen LogP contribution is -2.29. The number of carboxylic acid groups (broad SMARTS) is 1. The van der Waals surface area contributed by atoms with Gasteiger partial charge in [0.25, 0.3) is 0 Å². The number of nitrogens with zero attached hydrogens (tertiary/aromatic N) is 1. The van der Waals surface area contributed by atoms with E-state index in [0.717, 1.165) is 23.3 Å². The Bertz CT molecular complexity index is 327. The van der Waals surface area contributed by atoms with E-state index >= 15 is 0 Å². The lowest BCUT2D eigenvalue weighted by molar-refractivity contribution is -0.138. The fourth-order valence-electron chi connectivity index (χ4n) is 1.38. The molecular formula is C10H14BrNO2S. The van der Waals surface area contributed by atoms with Crippen LogP contribution in [0, 0.1) is 0 Å². The topological polar surface area (TPSA) is 40.5 Å². The SMILES string of the molecule is CCCN(CC(=O)O)Cc1ccc(Br)s1. The number of aliphatic carboxylic acids is 1. The highest BCUT2D eigenvalue weighted by Gasteiger charge is 2.10. The van der Waals surface area contributed by atoms with Crippen LogP contribution in [0.15, 0.2) is 15.9 Å². The zero-order chi connectivity index (χ0) is 11.3. The van der Waals surface area contributed by atoms with E-state index in [0.29, 0.717) is 0 Å². The number of rotatable bonds is 6. The molecule has 1 aromatic heterocycles. The van der Waals surface area contributed by atoms with Crippen LogP contribution in [-0.4, -0.2) is 29.1 Å². The predicted molar refractivity (Wildman–Crippen MR) is 65.2 cm³/mol. The first-order valence-electron chi connectivity index (χ1n) is 4.80. The van der Waals surface area contributed by atoms with Crippen LogP contribution in [0.25, 0.3) is 0 Å². The van der Waals surface area contributed by atoms with Gasteiger partial charge in [0.1, 0.15) is 0 Å². The van der Waals surface area contributed by atoms with E-state index in [1.807, 2.05) is 17.0 Å². The molecule has 0 aliphatic heterocycles. The van der Waals surface area contributed by atoms with Crippen molar-refractivity contribution in [1.82, 2.24) is 4.90 Å². The molecule has 0 radical (unpaired) electrons. The summed E-state index contributed by atoms with van der Waals surface area (Å²) in [6, 6.07) is 4.02. The van der Waals surface area contributed by atoms with Gasteiger partial charge in [-0.15, -0.1) is 11.3 Å². The molecule has 0 saturated heterocycles. The minimum atomic E-state index is -0.765.